The molecule has 0 atom stereocenters. The molecule has 1 aliphatic carbocycles. The van der Waals surface area contributed by atoms with Crippen LogP contribution in [0.5, 0.6) is 5.75 Å². The van der Waals surface area contributed by atoms with E-state index in [0.717, 1.165) is 37.0 Å². The lowest BCUT2D eigenvalue weighted by molar-refractivity contribution is -0.130. The molecule has 0 aliphatic heterocycles. The maximum Gasteiger partial charge on any atom is 0.157 e. The quantitative estimate of drug-likeness (QED) is 0.777. The number of carbonyl (C=O) groups is 1. The standard InChI is InChI=1S/C18H27NO2/c1-19(2)18(12-8-4-5-9-13-18)17(20)14-15-10-6-7-11-16(15)21-3/h6-7,10-11H,4-5,8-9,12-14H2,1-3H3. The van der Waals surface area contributed by atoms with E-state index in [1.54, 1.807) is 7.11 Å². The number of rotatable bonds is 5. The van der Waals surface area contributed by atoms with E-state index in [0.29, 0.717) is 12.2 Å². The van der Waals surface area contributed by atoms with E-state index in [2.05, 4.69) is 4.90 Å². The largest absolute Gasteiger partial charge is 0.496 e. The van der Waals surface area contributed by atoms with Crippen LogP contribution < -0.4 is 4.74 Å². The van der Waals surface area contributed by atoms with E-state index in [4.69, 9.17) is 4.74 Å². The van der Waals surface area contributed by atoms with Gasteiger partial charge in [0.15, 0.2) is 5.78 Å². The van der Waals surface area contributed by atoms with Crippen LogP contribution in [0.15, 0.2) is 24.3 Å². The number of para-hydroxylation sites is 1. The van der Waals surface area contributed by atoms with E-state index >= 15 is 0 Å². The van der Waals surface area contributed by atoms with Gasteiger partial charge in [0.05, 0.1) is 12.6 Å². The van der Waals surface area contributed by atoms with Crippen molar-refractivity contribution >= 4 is 5.78 Å². The molecule has 0 saturated heterocycles. The van der Waals surface area contributed by atoms with Crippen LogP contribution in [0.3, 0.4) is 0 Å². The zero-order valence-corrected chi connectivity index (χ0v) is 13.5. The third-order valence-corrected chi connectivity index (χ3v) is 4.85. The Morgan fingerprint density at radius 2 is 1.76 bits per heavy atom. The Morgan fingerprint density at radius 3 is 2.33 bits per heavy atom. The molecule has 3 nitrogen and oxygen atoms in total. The third kappa shape index (κ3) is 3.46. The van der Waals surface area contributed by atoms with E-state index in [-0.39, 0.29) is 5.54 Å². The van der Waals surface area contributed by atoms with E-state index in [1.807, 2.05) is 38.4 Å². The van der Waals surface area contributed by atoms with E-state index in [9.17, 15) is 4.79 Å². The Labute approximate surface area is 128 Å². The first kappa shape index (κ1) is 16.0. The first-order valence-corrected chi connectivity index (χ1v) is 7.93. The number of methoxy groups -OCH3 is 1. The number of likely N-dealkylation sites (N-methyl/N-ethyl adjacent to an activating group) is 1. The van der Waals surface area contributed by atoms with Gasteiger partial charge in [0.25, 0.3) is 0 Å². The molecule has 3 heteroatoms. The van der Waals surface area contributed by atoms with Gasteiger partial charge in [0, 0.05) is 12.0 Å². The Morgan fingerprint density at radius 1 is 1.14 bits per heavy atom. The predicted octanol–water partition coefficient (Wildman–Crippen LogP) is 3.46. The van der Waals surface area contributed by atoms with Crippen LogP contribution in [0.4, 0.5) is 0 Å². The molecule has 116 valence electrons. The fourth-order valence-corrected chi connectivity index (χ4v) is 3.48. The smallest absolute Gasteiger partial charge is 0.157 e. The van der Waals surface area contributed by atoms with Crippen molar-refractivity contribution < 1.29 is 9.53 Å². The summed E-state index contributed by atoms with van der Waals surface area (Å²) in [6.45, 7) is 0. The molecule has 1 aromatic carbocycles. The molecule has 0 bridgehead atoms. The molecular formula is C18H27NO2. The molecule has 2 rings (SSSR count). The van der Waals surface area contributed by atoms with Crippen LogP contribution in [-0.2, 0) is 11.2 Å². The number of ketones is 1. The SMILES string of the molecule is COc1ccccc1CC(=O)C1(N(C)C)CCCCCC1. The second-order valence-electron chi connectivity index (χ2n) is 6.25. The van der Waals surface area contributed by atoms with Crippen molar-refractivity contribution in [2.75, 3.05) is 21.2 Å². The Bertz CT molecular complexity index is 474. The fourth-order valence-electron chi connectivity index (χ4n) is 3.48. The number of nitrogens with zero attached hydrogens (tertiary/aromatic N) is 1. The molecule has 0 amide bonds. The van der Waals surface area contributed by atoms with Gasteiger partial charge >= 0.3 is 0 Å². The predicted molar refractivity (Wildman–Crippen MR) is 85.8 cm³/mol. The van der Waals surface area contributed by atoms with Crippen molar-refractivity contribution in [2.24, 2.45) is 0 Å². The number of ether oxygens (including phenoxy) is 1. The summed E-state index contributed by atoms with van der Waals surface area (Å²) in [5.41, 5.74) is 0.702. The third-order valence-electron chi connectivity index (χ3n) is 4.85. The topological polar surface area (TPSA) is 29.5 Å². The van der Waals surface area contributed by atoms with E-state index < -0.39 is 0 Å². The van der Waals surface area contributed by atoms with Crippen molar-refractivity contribution in [1.82, 2.24) is 4.90 Å². The maximum absolute atomic E-state index is 13.1. The van der Waals surface area contributed by atoms with Crippen LogP contribution >= 0.6 is 0 Å². The molecule has 1 aromatic rings. The molecule has 1 fully saturated rings. The normalized spacial score (nSPS) is 18.3. The van der Waals surface area contributed by atoms with Crippen molar-refractivity contribution in [3.63, 3.8) is 0 Å². The van der Waals surface area contributed by atoms with Gasteiger partial charge in [0.2, 0.25) is 0 Å². The highest BCUT2D eigenvalue weighted by Crippen LogP contribution is 2.33. The van der Waals surface area contributed by atoms with Crippen molar-refractivity contribution in [1.29, 1.82) is 0 Å². The lowest BCUT2D eigenvalue weighted by Crippen LogP contribution is -2.51. The van der Waals surface area contributed by atoms with Gasteiger partial charge in [0.1, 0.15) is 5.75 Å². The zero-order chi connectivity index (χ0) is 15.3. The first-order valence-electron chi connectivity index (χ1n) is 7.93. The van der Waals surface area contributed by atoms with Gasteiger partial charge < -0.3 is 4.74 Å². The maximum atomic E-state index is 13.1. The molecule has 0 radical (unpaired) electrons. The van der Waals surface area contributed by atoms with Crippen LogP contribution in [-0.4, -0.2) is 37.4 Å². The summed E-state index contributed by atoms with van der Waals surface area (Å²) in [6.07, 6.45) is 7.21. The minimum Gasteiger partial charge on any atom is -0.496 e. The van der Waals surface area contributed by atoms with E-state index in [1.165, 1.54) is 12.8 Å². The molecule has 1 saturated carbocycles. The van der Waals surface area contributed by atoms with Crippen molar-refractivity contribution in [3.05, 3.63) is 29.8 Å². The molecule has 0 N–H and O–H groups in total. The zero-order valence-electron chi connectivity index (χ0n) is 13.5. The average molecular weight is 289 g/mol. The number of benzene rings is 1. The fraction of sp³-hybridized carbons (Fsp3) is 0.611. The average Bonchev–Trinajstić information content (AvgIpc) is 2.74. The minimum atomic E-state index is -0.294. The molecular weight excluding hydrogens is 262 g/mol. The monoisotopic (exact) mass is 289 g/mol. The van der Waals surface area contributed by atoms with Gasteiger partial charge in [-0.15, -0.1) is 0 Å². The van der Waals surface area contributed by atoms with Crippen LogP contribution in [0.1, 0.15) is 44.1 Å². The highest BCUT2D eigenvalue weighted by atomic mass is 16.5. The summed E-state index contributed by atoms with van der Waals surface area (Å²) >= 11 is 0. The summed E-state index contributed by atoms with van der Waals surface area (Å²) in [5.74, 6) is 1.15. The van der Waals surface area contributed by atoms with Crippen LogP contribution in [0, 0.1) is 0 Å². The number of hydrogen-bond acceptors (Lipinski definition) is 3. The summed E-state index contributed by atoms with van der Waals surface area (Å²) in [4.78, 5) is 15.2. The first-order chi connectivity index (χ1) is 10.1. The minimum absolute atomic E-state index is 0.294. The second kappa shape index (κ2) is 7.08. The summed E-state index contributed by atoms with van der Waals surface area (Å²) < 4.78 is 5.39. The highest BCUT2D eigenvalue weighted by molar-refractivity contribution is 5.90. The Balaban J connectivity index is 2.22. The number of hydrogen-bond donors (Lipinski definition) is 0. The summed E-state index contributed by atoms with van der Waals surface area (Å²) in [6, 6.07) is 7.84. The molecule has 0 spiro atoms. The molecule has 0 aromatic heterocycles. The molecule has 1 aliphatic rings. The van der Waals surface area contributed by atoms with Crippen LogP contribution in [0.25, 0.3) is 0 Å². The molecule has 0 unspecified atom stereocenters. The van der Waals surface area contributed by atoms with Crippen LogP contribution in [0.2, 0.25) is 0 Å². The lowest BCUT2D eigenvalue weighted by Gasteiger charge is -2.38. The van der Waals surface area contributed by atoms with Crippen molar-refractivity contribution in [3.8, 4) is 5.75 Å². The number of Topliss-reactive ketones (excluding diaryl/α,β-unsaturated/α-hetero) is 1. The highest BCUT2D eigenvalue weighted by Gasteiger charge is 2.40. The van der Waals surface area contributed by atoms with Crippen molar-refractivity contribution in [2.45, 2.75) is 50.5 Å². The second-order valence-corrected chi connectivity index (χ2v) is 6.25. The number of carbonyl (C=O) groups excluding carboxylic acids is 1. The summed E-state index contributed by atoms with van der Waals surface area (Å²) in [7, 11) is 5.76. The van der Waals surface area contributed by atoms with Gasteiger partial charge in [-0.1, -0.05) is 43.9 Å². The summed E-state index contributed by atoms with van der Waals surface area (Å²) in [5, 5.41) is 0. The van der Waals surface area contributed by atoms with Gasteiger partial charge in [-0.2, -0.15) is 0 Å². The van der Waals surface area contributed by atoms with Gasteiger partial charge in [-0.05, 0) is 33.0 Å². The Hall–Kier alpha value is -1.35. The van der Waals surface area contributed by atoms with Gasteiger partial charge in [-0.25, -0.2) is 0 Å². The Kier molecular flexibility index (Phi) is 5.40. The van der Waals surface area contributed by atoms with Gasteiger partial charge in [-0.3, -0.25) is 9.69 Å². The lowest BCUT2D eigenvalue weighted by atomic mass is 9.82. The molecule has 21 heavy (non-hydrogen) atoms. The molecule has 0 heterocycles.